The zero-order valence-electron chi connectivity index (χ0n) is 8.57. The van der Waals surface area contributed by atoms with Crippen molar-refractivity contribution in [1.82, 2.24) is 15.2 Å². The summed E-state index contributed by atoms with van der Waals surface area (Å²) in [5.74, 6) is 0. The van der Waals surface area contributed by atoms with Crippen LogP contribution in [-0.4, -0.2) is 15.2 Å². The van der Waals surface area contributed by atoms with Gasteiger partial charge in [0, 0.05) is 11.3 Å². The smallest absolute Gasteiger partial charge is 0.278 e. The fourth-order valence-electron chi connectivity index (χ4n) is 1.42. The summed E-state index contributed by atoms with van der Waals surface area (Å²) in [5, 5.41) is 6.44. The molecular weight excluding hydrogens is 224 g/mol. The van der Waals surface area contributed by atoms with E-state index in [0.717, 1.165) is 5.56 Å². The molecule has 0 saturated heterocycles. The number of anilines is 1. The number of nitrogen functional groups attached to an aromatic ring is 1. The van der Waals surface area contributed by atoms with Crippen LogP contribution in [0.3, 0.4) is 0 Å². The molecule has 0 bridgehead atoms. The van der Waals surface area contributed by atoms with Gasteiger partial charge in [-0.3, -0.25) is 14.9 Å². The molecule has 1 aromatic carbocycles. The summed E-state index contributed by atoms with van der Waals surface area (Å²) < 4.78 is 0.194. The molecule has 0 radical (unpaired) electrons. The zero-order valence-corrected chi connectivity index (χ0v) is 9.39. The number of nitrogens with one attached hydrogen (secondary N) is 2. The Bertz CT molecular complexity index is 644. The number of benzene rings is 1. The number of aromatic nitrogens is 3. The number of hydrogen-bond acceptors (Lipinski definition) is 4. The number of H-pyrrole nitrogens is 2. The lowest BCUT2D eigenvalue weighted by Crippen LogP contribution is -2.14. The predicted octanol–water partition coefficient (Wildman–Crippen LogP) is 1.39. The van der Waals surface area contributed by atoms with Gasteiger partial charge in [-0.25, -0.2) is 0 Å². The van der Waals surface area contributed by atoms with Gasteiger partial charge in [0.1, 0.15) is 0 Å². The van der Waals surface area contributed by atoms with Crippen LogP contribution in [0.2, 0.25) is 0 Å². The normalized spacial score (nSPS) is 10.3. The van der Waals surface area contributed by atoms with E-state index in [-0.39, 0.29) is 16.0 Å². The first-order chi connectivity index (χ1) is 7.59. The lowest BCUT2D eigenvalue weighted by molar-refractivity contribution is 0.932. The van der Waals surface area contributed by atoms with Gasteiger partial charge in [-0.15, -0.1) is 0 Å². The fraction of sp³-hybridized carbons (Fsp3) is 0.100. The third kappa shape index (κ3) is 1.74. The molecule has 6 heteroatoms. The van der Waals surface area contributed by atoms with Crippen molar-refractivity contribution in [2.75, 3.05) is 5.73 Å². The van der Waals surface area contributed by atoms with Crippen LogP contribution in [0.15, 0.2) is 23.0 Å². The number of nitrogens with zero attached hydrogens (tertiary/aromatic N) is 1. The van der Waals surface area contributed by atoms with Crippen LogP contribution >= 0.6 is 12.2 Å². The average Bonchev–Trinajstić information content (AvgIpc) is 2.23. The SMILES string of the molecule is Cc1cccc(-c2n[nH]c(=S)[nH]c2=O)c1N. The van der Waals surface area contributed by atoms with Gasteiger partial charge in [0.15, 0.2) is 10.5 Å². The van der Waals surface area contributed by atoms with Gasteiger partial charge in [0.05, 0.1) is 0 Å². The molecule has 16 heavy (non-hydrogen) atoms. The highest BCUT2D eigenvalue weighted by atomic mass is 32.1. The molecule has 0 saturated carbocycles. The molecule has 0 fully saturated rings. The summed E-state index contributed by atoms with van der Waals surface area (Å²) in [4.78, 5) is 14.1. The summed E-state index contributed by atoms with van der Waals surface area (Å²) >= 11 is 4.76. The van der Waals surface area contributed by atoms with Crippen LogP contribution in [0.4, 0.5) is 5.69 Å². The first kappa shape index (κ1) is 10.6. The molecular formula is C10H10N4OS. The maximum atomic E-state index is 11.6. The number of para-hydroxylation sites is 1. The molecule has 2 rings (SSSR count). The second kappa shape index (κ2) is 3.90. The Morgan fingerprint density at radius 1 is 1.44 bits per heavy atom. The van der Waals surface area contributed by atoms with Crippen molar-refractivity contribution >= 4 is 17.9 Å². The van der Waals surface area contributed by atoms with Crippen molar-refractivity contribution in [2.24, 2.45) is 0 Å². The molecule has 1 aromatic heterocycles. The second-order valence-electron chi connectivity index (χ2n) is 3.39. The summed E-state index contributed by atoms with van der Waals surface area (Å²) in [7, 11) is 0. The van der Waals surface area contributed by atoms with E-state index in [2.05, 4.69) is 15.2 Å². The van der Waals surface area contributed by atoms with Crippen LogP contribution in [-0.2, 0) is 0 Å². The number of aromatic amines is 2. The maximum absolute atomic E-state index is 11.6. The Morgan fingerprint density at radius 3 is 2.88 bits per heavy atom. The van der Waals surface area contributed by atoms with Crippen LogP contribution in [0.5, 0.6) is 0 Å². The van der Waals surface area contributed by atoms with Gasteiger partial charge in [0.2, 0.25) is 0 Å². The van der Waals surface area contributed by atoms with Crippen molar-refractivity contribution in [3.05, 3.63) is 38.9 Å². The minimum absolute atomic E-state index is 0.194. The Hall–Kier alpha value is -1.95. The molecule has 0 spiro atoms. The van der Waals surface area contributed by atoms with Crippen molar-refractivity contribution in [1.29, 1.82) is 0 Å². The maximum Gasteiger partial charge on any atom is 0.278 e. The average molecular weight is 234 g/mol. The highest BCUT2D eigenvalue weighted by Gasteiger charge is 2.09. The zero-order chi connectivity index (χ0) is 11.7. The first-order valence-electron chi connectivity index (χ1n) is 4.64. The van der Waals surface area contributed by atoms with Crippen molar-refractivity contribution in [2.45, 2.75) is 6.92 Å². The van der Waals surface area contributed by atoms with E-state index in [9.17, 15) is 4.79 Å². The highest BCUT2D eigenvalue weighted by Crippen LogP contribution is 2.23. The molecule has 5 nitrogen and oxygen atoms in total. The van der Waals surface area contributed by atoms with Crippen LogP contribution in [0, 0.1) is 11.7 Å². The second-order valence-corrected chi connectivity index (χ2v) is 3.80. The van der Waals surface area contributed by atoms with Crippen molar-refractivity contribution in [3.8, 4) is 11.3 Å². The van der Waals surface area contributed by atoms with E-state index in [1.54, 1.807) is 6.07 Å². The van der Waals surface area contributed by atoms with Crippen LogP contribution < -0.4 is 11.3 Å². The summed E-state index contributed by atoms with van der Waals surface area (Å²) in [5.41, 5.74) is 7.84. The number of hydrogen-bond donors (Lipinski definition) is 3. The molecule has 0 atom stereocenters. The molecule has 1 heterocycles. The molecule has 0 aliphatic carbocycles. The molecule has 82 valence electrons. The third-order valence-corrected chi connectivity index (χ3v) is 2.48. The summed E-state index contributed by atoms with van der Waals surface area (Å²) in [6.07, 6.45) is 0. The van der Waals surface area contributed by atoms with Crippen LogP contribution in [0.1, 0.15) is 5.56 Å². The Labute approximate surface area is 96.3 Å². The van der Waals surface area contributed by atoms with E-state index < -0.39 is 0 Å². The van der Waals surface area contributed by atoms with Crippen molar-refractivity contribution in [3.63, 3.8) is 0 Å². The van der Waals surface area contributed by atoms with Gasteiger partial charge in [-0.1, -0.05) is 18.2 Å². The molecule has 0 unspecified atom stereocenters. The minimum atomic E-state index is -0.346. The Balaban J connectivity index is 2.73. The molecule has 0 aliphatic heterocycles. The van der Waals surface area contributed by atoms with E-state index >= 15 is 0 Å². The van der Waals surface area contributed by atoms with Gasteiger partial charge in [-0.2, -0.15) is 5.10 Å². The van der Waals surface area contributed by atoms with E-state index in [1.807, 2.05) is 19.1 Å². The minimum Gasteiger partial charge on any atom is -0.398 e. The van der Waals surface area contributed by atoms with Crippen LogP contribution in [0.25, 0.3) is 11.3 Å². The molecule has 4 N–H and O–H groups in total. The molecule has 0 amide bonds. The van der Waals surface area contributed by atoms with Gasteiger partial charge >= 0.3 is 0 Å². The van der Waals surface area contributed by atoms with Gasteiger partial charge < -0.3 is 5.73 Å². The molecule has 0 aliphatic rings. The standard InChI is InChI=1S/C10H10N4OS/c1-5-3-2-4-6(7(5)11)8-9(15)12-10(16)14-13-8/h2-4H,11H2,1H3,(H2,12,14,15,16). The van der Waals surface area contributed by atoms with E-state index in [0.29, 0.717) is 11.3 Å². The highest BCUT2D eigenvalue weighted by molar-refractivity contribution is 7.71. The number of aryl methyl sites for hydroxylation is 1. The summed E-state index contributed by atoms with van der Waals surface area (Å²) in [6.45, 7) is 1.87. The van der Waals surface area contributed by atoms with E-state index in [1.165, 1.54) is 0 Å². The number of rotatable bonds is 1. The predicted molar refractivity (Wildman–Crippen MR) is 64.6 cm³/mol. The van der Waals surface area contributed by atoms with Gasteiger partial charge in [-0.05, 0) is 24.7 Å². The van der Waals surface area contributed by atoms with Gasteiger partial charge in [0.25, 0.3) is 5.56 Å². The monoisotopic (exact) mass is 234 g/mol. The molecule has 2 aromatic rings. The van der Waals surface area contributed by atoms with Crippen molar-refractivity contribution < 1.29 is 0 Å². The quantitative estimate of drug-likeness (QED) is 0.514. The first-order valence-corrected chi connectivity index (χ1v) is 5.05. The lowest BCUT2D eigenvalue weighted by atomic mass is 10.1. The van der Waals surface area contributed by atoms with E-state index in [4.69, 9.17) is 18.0 Å². The topological polar surface area (TPSA) is 87.6 Å². The fourth-order valence-corrected chi connectivity index (χ4v) is 1.56. The summed E-state index contributed by atoms with van der Waals surface area (Å²) in [6, 6.07) is 5.44. The lowest BCUT2D eigenvalue weighted by Gasteiger charge is -2.05. The Kier molecular flexibility index (Phi) is 2.57. The third-order valence-electron chi connectivity index (χ3n) is 2.29. The Morgan fingerprint density at radius 2 is 2.19 bits per heavy atom. The largest absolute Gasteiger partial charge is 0.398 e. The number of nitrogens with two attached hydrogens (primary N) is 1.